The summed E-state index contributed by atoms with van der Waals surface area (Å²) in [5.41, 5.74) is 3.72. The Hall–Kier alpha value is -2.67. The van der Waals surface area contributed by atoms with Gasteiger partial charge in [0.05, 0.1) is 17.7 Å². The van der Waals surface area contributed by atoms with Gasteiger partial charge in [0.2, 0.25) is 0 Å². The molecule has 3 aromatic rings. The third kappa shape index (κ3) is 2.28. The largest absolute Gasteiger partial charge is 0.363 e. The predicted molar refractivity (Wildman–Crippen MR) is 89.7 cm³/mol. The number of H-pyrrole nitrogens is 1. The lowest BCUT2D eigenvalue weighted by Crippen LogP contribution is -2.28. The van der Waals surface area contributed by atoms with Crippen LogP contribution in [0.25, 0.3) is 11.0 Å². The first-order chi connectivity index (χ1) is 11.7. The summed E-state index contributed by atoms with van der Waals surface area (Å²) in [5, 5.41) is 15.4. The Balaban J connectivity index is 1.66. The van der Waals surface area contributed by atoms with Crippen LogP contribution in [0.3, 0.4) is 0 Å². The number of rotatable bonds is 3. The zero-order valence-corrected chi connectivity index (χ0v) is 13.7. The fourth-order valence-corrected chi connectivity index (χ4v) is 3.26. The van der Waals surface area contributed by atoms with Crippen molar-refractivity contribution < 1.29 is 9.53 Å². The molecule has 0 radical (unpaired) electrons. The zero-order chi connectivity index (χ0) is 16.7. The van der Waals surface area contributed by atoms with Gasteiger partial charge in [-0.2, -0.15) is 10.2 Å². The third-order valence-corrected chi connectivity index (χ3v) is 4.43. The topological polar surface area (TPSA) is 84.8 Å². The van der Waals surface area contributed by atoms with E-state index in [1.54, 1.807) is 4.68 Å². The number of benzene rings is 1. The number of fused-ring (bicyclic) bond motifs is 2. The van der Waals surface area contributed by atoms with Gasteiger partial charge in [0.1, 0.15) is 5.82 Å². The molecule has 0 bridgehead atoms. The molecule has 0 aliphatic carbocycles. The second-order valence-corrected chi connectivity index (χ2v) is 5.91. The molecule has 4 rings (SSSR count). The molecule has 1 aliphatic rings. The molecule has 1 amide bonds. The van der Waals surface area contributed by atoms with Crippen LogP contribution in [0.2, 0.25) is 0 Å². The van der Waals surface area contributed by atoms with Crippen molar-refractivity contribution in [3.63, 3.8) is 0 Å². The van der Waals surface area contributed by atoms with Gasteiger partial charge < -0.3 is 10.1 Å². The number of amides is 1. The average Bonchev–Trinajstić information content (AvgIpc) is 3.16. The second kappa shape index (κ2) is 5.76. The molecule has 1 aromatic carbocycles. The Morgan fingerprint density at radius 3 is 3.12 bits per heavy atom. The van der Waals surface area contributed by atoms with E-state index in [1.165, 1.54) is 0 Å². The van der Waals surface area contributed by atoms with E-state index in [4.69, 9.17) is 4.74 Å². The molecule has 1 atom stereocenters. The summed E-state index contributed by atoms with van der Waals surface area (Å²) in [7, 11) is 1.84. The summed E-state index contributed by atoms with van der Waals surface area (Å²) in [5.74, 6) is 0.380. The molecular weight excluding hydrogens is 306 g/mol. The highest BCUT2D eigenvalue weighted by Crippen LogP contribution is 2.30. The summed E-state index contributed by atoms with van der Waals surface area (Å²) in [4.78, 5) is 12.8. The van der Waals surface area contributed by atoms with Gasteiger partial charge >= 0.3 is 0 Å². The summed E-state index contributed by atoms with van der Waals surface area (Å²) in [6.07, 6.45) is 0.995. The van der Waals surface area contributed by atoms with E-state index in [1.807, 2.05) is 38.2 Å². The van der Waals surface area contributed by atoms with Crippen molar-refractivity contribution in [2.45, 2.75) is 25.9 Å². The summed E-state index contributed by atoms with van der Waals surface area (Å²) in [6, 6.07) is 7.91. The molecule has 24 heavy (non-hydrogen) atoms. The lowest BCUT2D eigenvalue weighted by molar-refractivity contribution is -0.128. The number of carbonyl (C=O) groups excluding carboxylic acids is 1. The Morgan fingerprint density at radius 1 is 1.46 bits per heavy atom. The lowest BCUT2D eigenvalue weighted by Gasteiger charge is -2.24. The number of nitrogens with one attached hydrogen (secondary N) is 2. The van der Waals surface area contributed by atoms with Crippen LogP contribution in [0.15, 0.2) is 24.3 Å². The maximum Gasteiger partial charge on any atom is 0.259 e. The summed E-state index contributed by atoms with van der Waals surface area (Å²) < 4.78 is 7.44. The molecule has 0 fully saturated rings. The zero-order valence-electron chi connectivity index (χ0n) is 13.7. The molecule has 2 aromatic heterocycles. The quantitative estimate of drug-likeness (QED) is 0.772. The Morgan fingerprint density at radius 2 is 2.29 bits per heavy atom. The van der Waals surface area contributed by atoms with Crippen molar-refractivity contribution in [3.05, 3.63) is 41.1 Å². The summed E-state index contributed by atoms with van der Waals surface area (Å²) >= 11 is 0. The van der Waals surface area contributed by atoms with Gasteiger partial charge in [0.25, 0.3) is 5.91 Å². The molecule has 1 aliphatic heterocycles. The minimum atomic E-state index is -0.602. The highest BCUT2D eigenvalue weighted by atomic mass is 16.5. The van der Waals surface area contributed by atoms with Crippen molar-refractivity contribution in [2.24, 2.45) is 7.05 Å². The maximum atomic E-state index is 12.8. The first-order valence-corrected chi connectivity index (χ1v) is 8.09. The number of carbonyl (C=O) groups is 1. The van der Waals surface area contributed by atoms with Gasteiger partial charge in [0, 0.05) is 7.05 Å². The van der Waals surface area contributed by atoms with Gasteiger partial charge in [0.15, 0.2) is 11.8 Å². The minimum absolute atomic E-state index is 0.196. The molecule has 2 N–H and O–H groups in total. The molecule has 7 heteroatoms. The van der Waals surface area contributed by atoms with E-state index in [0.717, 1.165) is 40.7 Å². The number of aromatic nitrogens is 4. The van der Waals surface area contributed by atoms with Gasteiger partial charge in [-0.15, -0.1) is 0 Å². The van der Waals surface area contributed by atoms with E-state index in [9.17, 15) is 4.79 Å². The maximum absolute atomic E-state index is 12.8. The number of nitrogens with zero attached hydrogens (tertiary/aromatic N) is 3. The fraction of sp³-hybridized carbons (Fsp3) is 0.353. The molecule has 0 spiro atoms. The van der Waals surface area contributed by atoms with E-state index in [0.29, 0.717) is 12.4 Å². The van der Waals surface area contributed by atoms with Crippen molar-refractivity contribution in [3.8, 4) is 0 Å². The number of ether oxygens (including phenoxy) is 1. The Labute approximate surface area is 139 Å². The van der Waals surface area contributed by atoms with Crippen molar-refractivity contribution >= 4 is 22.8 Å². The highest BCUT2D eigenvalue weighted by Gasteiger charge is 2.28. The fourth-order valence-electron chi connectivity index (χ4n) is 3.26. The highest BCUT2D eigenvalue weighted by molar-refractivity contribution is 6.02. The Kier molecular flexibility index (Phi) is 3.57. The molecule has 3 heterocycles. The molecule has 0 saturated heterocycles. The normalized spacial score (nSPS) is 17.0. The second-order valence-electron chi connectivity index (χ2n) is 5.91. The first kappa shape index (κ1) is 14.9. The monoisotopic (exact) mass is 325 g/mol. The molecular formula is C17H19N5O2. The van der Waals surface area contributed by atoms with Gasteiger partial charge in [-0.1, -0.05) is 31.2 Å². The molecule has 7 nitrogen and oxygen atoms in total. The van der Waals surface area contributed by atoms with Crippen LogP contribution in [0.4, 0.5) is 5.82 Å². The van der Waals surface area contributed by atoms with Crippen molar-refractivity contribution in [1.29, 1.82) is 0 Å². The molecule has 0 saturated carbocycles. The standard InChI is InChI=1S/C17H19N5O2/c1-3-12-13-15(19-20-16(13)22(2)21-12)18-17(23)14-11-7-5-4-6-10(11)8-9-24-14/h4-7,14H,3,8-9H2,1-2H3,(H2,18,19,20,23). The molecule has 124 valence electrons. The van der Waals surface area contributed by atoms with Gasteiger partial charge in [-0.3, -0.25) is 9.89 Å². The van der Waals surface area contributed by atoms with Crippen LogP contribution in [-0.4, -0.2) is 32.5 Å². The predicted octanol–water partition coefficient (Wildman–Crippen LogP) is 2.11. The number of anilines is 1. The Bertz CT molecular complexity index is 911. The van der Waals surface area contributed by atoms with Crippen LogP contribution < -0.4 is 5.32 Å². The van der Waals surface area contributed by atoms with Crippen LogP contribution in [0.5, 0.6) is 0 Å². The van der Waals surface area contributed by atoms with E-state index in [2.05, 4.69) is 20.6 Å². The average molecular weight is 325 g/mol. The van der Waals surface area contributed by atoms with E-state index < -0.39 is 6.10 Å². The van der Waals surface area contributed by atoms with Crippen LogP contribution >= 0.6 is 0 Å². The SMILES string of the molecule is CCc1nn(C)c2n[nH]c(NC(=O)C3OCCc4ccccc43)c12. The first-order valence-electron chi connectivity index (χ1n) is 8.09. The smallest absolute Gasteiger partial charge is 0.259 e. The van der Waals surface area contributed by atoms with Crippen LogP contribution in [-0.2, 0) is 29.4 Å². The minimum Gasteiger partial charge on any atom is -0.363 e. The van der Waals surface area contributed by atoms with E-state index >= 15 is 0 Å². The van der Waals surface area contributed by atoms with Crippen LogP contribution in [0.1, 0.15) is 29.8 Å². The van der Waals surface area contributed by atoms with Crippen molar-refractivity contribution in [2.75, 3.05) is 11.9 Å². The molecule has 1 unspecified atom stereocenters. The lowest BCUT2D eigenvalue weighted by atomic mass is 9.97. The van der Waals surface area contributed by atoms with Crippen LogP contribution in [0, 0.1) is 0 Å². The number of hydrogen-bond donors (Lipinski definition) is 2. The third-order valence-electron chi connectivity index (χ3n) is 4.43. The number of hydrogen-bond acceptors (Lipinski definition) is 4. The number of aryl methyl sites for hydroxylation is 2. The number of aromatic amines is 1. The van der Waals surface area contributed by atoms with Gasteiger partial charge in [-0.25, -0.2) is 4.68 Å². The van der Waals surface area contributed by atoms with Crippen molar-refractivity contribution in [1.82, 2.24) is 20.0 Å². The van der Waals surface area contributed by atoms with Gasteiger partial charge in [-0.05, 0) is 24.0 Å². The van der Waals surface area contributed by atoms with E-state index in [-0.39, 0.29) is 5.91 Å². The summed E-state index contributed by atoms with van der Waals surface area (Å²) in [6.45, 7) is 2.57.